The molecule has 0 radical (unpaired) electrons. The summed E-state index contributed by atoms with van der Waals surface area (Å²) in [6.45, 7) is 0. The van der Waals surface area contributed by atoms with Crippen molar-refractivity contribution in [2.24, 2.45) is 0 Å². The number of nitrogen functional groups attached to an aromatic ring is 1. The summed E-state index contributed by atoms with van der Waals surface area (Å²) in [6.07, 6.45) is 0. The predicted octanol–water partition coefficient (Wildman–Crippen LogP) is 2.86. The summed E-state index contributed by atoms with van der Waals surface area (Å²) in [4.78, 5) is 0.0575. The van der Waals surface area contributed by atoms with E-state index in [4.69, 9.17) is 17.3 Å². The number of benzene rings is 2. The smallest absolute Gasteiger partial charge is 0.261 e. The van der Waals surface area contributed by atoms with Gasteiger partial charge >= 0.3 is 0 Å². The second-order valence-corrected chi connectivity index (χ2v) is 5.89. The minimum Gasteiger partial charge on any atom is -0.399 e. The van der Waals surface area contributed by atoms with Crippen molar-refractivity contribution in [1.29, 1.82) is 0 Å². The van der Waals surface area contributed by atoms with E-state index in [1.165, 1.54) is 36.4 Å². The molecule has 0 atom stereocenters. The number of nitrogens with two attached hydrogens (primary N) is 1. The van der Waals surface area contributed by atoms with Crippen molar-refractivity contribution in [1.82, 2.24) is 0 Å². The molecule has 7 heteroatoms. The van der Waals surface area contributed by atoms with Gasteiger partial charge in [-0.2, -0.15) is 0 Å². The topological polar surface area (TPSA) is 72.2 Å². The van der Waals surface area contributed by atoms with Gasteiger partial charge in [-0.05, 0) is 42.5 Å². The Morgan fingerprint density at radius 2 is 1.74 bits per heavy atom. The third-order valence-corrected chi connectivity index (χ3v) is 4.05. The van der Waals surface area contributed by atoms with E-state index in [-0.39, 0.29) is 15.6 Å². The van der Waals surface area contributed by atoms with Crippen molar-refractivity contribution in [2.45, 2.75) is 4.90 Å². The van der Waals surface area contributed by atoms with Crippen molar-refractivity contribution in [2.75, 3.05) is 10.5 Å². The van der Waals surface area contributed by atoms with Crippen LogP contribution in [-0.4, -0.2) is 8.42 Å². The first-order valence-corrected chi connectivity index (χ1v) is 7.08. The molecular weight excluding hydrogens is 291 g/mol. The van der Waals surface area contributed by atoms with E-state index in [1.807, 2.05) is 0 Å². The van der Waals surface area contributed by atoms with Gasteiger partial charge in [0.2, 0.25) is 0 Å². The number of halogens is 2. The molecule has 0 saturated heterocycles. The Hall–Kier alpha value is -1.79. The monoisotopic (exact) mass is 300 g/mol. The van der Waals surface area contributed by atoms with E-state index in [2.05, 4.69) is 4.72 Å². The number of nitrogens with one attached hydrogen (secondary N) is 1. The van der Waals surface area contributed by atoms with Crippen LogP contribution in [0, 0.1) is 5.82 Å². The largest absolute Gasteiger partial charge is 0.399 e. The fourth-order valence-corrected chi connectivity index (χ4v) is 2.65. The molecule has 0 aromatic heterocycles. The Kier molecular flexibility index (Phi) is 3.64. The summed E-state index contributed by atoms with van der Waals surface area (Å²) in [5.41, 5.74) is 6.13. The van der Waals surface area contributed by atoms with Gasteiger partial charge in [-0.3, -0.25) is 4.72 Å². The molecule has 0 spiro atoms. The number of anilines is 2. The molecule has 0 fully saturated rings. The van der Waals surface area contributed by atoms with Gasteiger partial charge < -0.3 is 5.73 Å². The summed E-state index contributed by atoms with van der Waals surface area (Å²) in [5.74, 6) is -0.614. The van der Waals surface area contributed by atoms with Crippen LogP contribution < -0.4 is 10.5 Å². The summed E-state index contributed by atoms with van der Waals surface area (Å²) in [7, 11) is -3.75. The zero-order valence-electron chi connectivity index (χ0n) is 9.60. The highest BCUT2D eigenvalue weighted by Crippen LogP contribution is 2.22. The average Bonchev–Trinajstić information content (AvgIpc) is 2.34. The van der Waals surface area contributed by atoms with E-state index in [0.717, 1.165) is 6.07 Å². The molecule has 0 unspecified atom stereocenters. The summed E-state index contributed by atoms with van der Waals surface area (Å²) in [5, 5.41) is -0.155. The van der Waals surface area contributed by atoms with Crippen LogP contribution in [0.1, 0.15) is 0 Å². The fourth-order valence-electron chi connectivity index (χ4n) is 1.42. The minimum absolute atomic E-state index is 0.0575. The number of hydrogen-bond donors (Lipinski definition) is 2. The third kappa shape index (κ3) is 3.15. The molecule has 4 nitrogen and oxygen atoms in total. The van der Waals surface area contributed by atoms with E-state index in [1.54, 1.807) is 0 Å². The summed E-state index contributed by atoms with van der Waals surface area (Å²) >= 11 is 5.58. The average molecular weight is 301 g/mol. The molecule has 0 saturated carbocycles. The molecular formula is C12H10ClFN2O2S. The lowest BCUT2D eigenvalue weighted by Crippen LogP contribution is -2.13. The second-order valence-electron chi connectivity index (χ2n) is 3.80. The van der Waals surface area contributed by atoms with Crippen LogP contribution in [0.4, 0.5) is 15.8 Å². The van der Waals surface area contributed by atoms with Crippen LogP contribution >= 0.6 is 11.6 Å². The molecule has 0 aliphatic heterocycles. The van der Waals surface area contributed by atoms with Crippen molar-refractivity contribution < 1.29 is 12.8 Å². The van der Waals surface area contributed by atoms with Gasteiger partial charge in [0.05, 0.1) is 15.6 Å². The highest BCUT2D eigenvalue weighted by Gasteiger charge is 2.14. The lowest BCUT2D eigenvalue weighted by atomic mass is 10.3. The third-order valence-electron chi connectivity index (χ3n) is 2.36. The Labute approximate surface area is 115 Å². The molecule has 0 aliphatic carbocycles. The van der Waals surface area contributed by atoms with E-state index in [0.29, 0.717) is 5.69 Å². The lowest BCUT2D eigenvalue weighted by Gasteiger charge is -2.08. The standard InChI is InChI=1S/C12H10ClFN2O2S/c13-11-7-9(3-6-12(11)14)16-19(17,18)10-4-1-8(15)2-5-10/h1-7,16H,15H2. The highest BCUT2D eigenvalue weighted by molar-refractivity contribution is 7.92. The lowest BCUT2D eigenvalue weighted by molar-refractivity contribution is 0.601. The normalized spacial score (nSPS) is 11.3. The van der Waals surface area contributed by atoms with Crippen molar-refractivity contribution in [3.05, 3.63) is 53.3 Å². The predicted molar refractivity (Wildman–Crippen MR) is 73.1 cm³/mol. The maximum absolute atomic E-state index is 13.0. The highest BCUT2D eigenvalue weighted by atomic mass is 35.5. The zero-order valence-corrected chi connectivity index (χ0v) is 11.2. The molecule has 0 aliphatic rings. The zero-order chi connectivity index (χ0) is 14.0. The Morgan fingerprint density at radius 1 is 1.11 bits per heavy atom. The van der Waals surface area contributed by atoms with E-state index < -0.39 is 15.8 Å². The molecule has 0 heterocycles. The van der Waals surface area contributed by atoms with Crippen LogP contribution in [-0.2, 0) is 10.0 Å². The molecule has 0 amide bonds. The maximum atomic E-state index is 13.0. The van der Waals surface area contributed by atoms with Gasteiger partial charge in [0.15, 0.2) is 0 Å². The molecule has 2 aromatic carbocycles. The first kappa shape index (κ1) is 13.6. The maximum Gasteiger partial charge on any atom is 0.261 e. The van der Waals surface area contributed by atoms with Gasteiger partial charge in [0.1, 0.15) is 5.82 Å². The van der Waals surface area contributed by atoms with Crippen LogP contribution in [0.2, 0.25) is 5.02 Å². The van der Waals surface area contributed by atoms with Gasteiger partial charge in [-0.15, -0.1) is 0 Å². The Balaban J connectivity index is 2.30. The van der Waals surface area contributed by atoms with E-state index >= 15 is 0 Å². The summed E-state index contributed by atoms with van der Waals surface area (Å²) in [6, 6.07) is 9.29. The first-order chi connectivity index (χ1) is 8.88. The van der Waals surface area contributed by atoms with Gasteiger partial charge in [0.25, 0.3) is 10.0 Å². The number of rotatable bonds is 3. The molecule has 3 N–H and O–H groups in total. The van der Waals surface area contributed by atoms with Crippen molar-refractivity contribution in [3.63, 3.8) is 0 Å². The van der Waals surface area contributed by atoms with Crippen molar-refractivity contribution in [3.8, 4) is 0 Å². The quantitative estimate of drug-likeness (QED) is 0.856. The molecule has 2 rings (SSSR count). The first-order valence-electron chi connectivity index (χ1n) is 5.22. The summed E-state index contributed by atoms with van der Waals surface area (Å²) < 4.78 is 39.3. The van der Waals surface area contributed by atoms with Crippen LogP contribution in [0.5, 0.6) is 0 Å². The Bertz CT molecular complexity index is 702. The van der Waals surface area contributed by atoms with Crippen LogP contribution in [0.3, 0.4) is 0 Å². The molecule has 100 valence electrons. The molecule has 0 bridgehead atoms. The molecule has 19 heavy (non-hydrogen) atoms. The Morgan fingerprint density at radius 3 is 2.32 bits per heavy atom. The number of sulfonamides is 1. The fraction of sp³-hybridized carbons (Fsp3) is 0. The second kappa shape index (κ2) is 5.07. The van der Waals surface area contributed by atoms with Gasteiger partial charge in [-0.25, -0.2) is 12.8 Å². The minimum atomic E-state index is -3.75. The number of hydrogen-bond acceptors (Lipinski definition) is 3. The van der Waals surface area contributed by atoms with Gasteiger partial charge in [0, 0.05) is 5.69 Å². The van der Waals surface area contributed by atoms with Crippen LogP contribution in [0.25, 0.3) is 0 Å². The van der Waals surface area contributed by atoms with Crippen LogP contribution in [0.15, 0.2) is 47.4 Å². The van der Waals surface area contributed by atoms with Gasteiger partial charge in [-0.1, -0.05) is 11.6 Å². The van der Waals surface area contributed by atoms with E-state index in [9.17, 15) is 12.8 Å². The molecule has 2 aromatic rings. The SMILES string of the molecule is Nc1ccc(S(=O)(=O)Nc2ccc(F)c(Cl)c2)cc1. The van der Waals surface area contributed by atoms with Crippen molar-refractivity contribution >= 4 is 33.0 Å².